The van der Waals surface area contributed by atoms with Gasteiger partial charge >= 0.3 is 11.9 Å². The van der Waals surface area contributed by atoms with Crippen LogP contribution in [0.25, 0.3) is 0 Å². The van der Waals surface area contributed by atoms with E-state index in [4.69, 9.17) is 18.5 Å². The summed E-state index contributed by atoms with van der Waals surface area (Å²) in [6, 6.07) is 0. The number of likely N-dealkylation sites (N-methyl/N-ethyl adjacent to an activating group) is 1. The fourth-order valence-corrected chi connectivity index (χ4v) is 10.1. The Morgan fingerprint density at radius 1 is 0.388 bits per heavy atom. The quantitative estimate of drug-likeness (QED) is 0.0195. The van der Waals surface area contributed by atoms with Gasteiger partial charge in [0.05, 0.1) is 27.7 Å². The average Bonchev–Trinajstić information content (AvgIpc) is 3.42. The molecule has 2 unspecified atom stereocenters. The smallest absolute Gasteiger partial charge is 0.306 e. The van der Waals surface area contributed by atoms with Gasteiger partial charge in [-0.15, -0.1) is 0 Å². The van der Waals surface area contributed by atoms with E-state index in [1.807, 2.05) is 21.1 Å². The molecule has 2 atom stereocenters. The molecule has 0 aromatic carbocycles. The van der Waals surface area contributed by atoms with Crippen LogP contribution in [0.3, 0.4) is 0 Å². The SMILES string of the molecule is CC/C=C\C/C=C\C/C=C\C/C=C\CCCCCCCCCCCCCCCCCCCCCCCCCCCCCCC(=O)OC(COC(=O)CCCCCCC/C=C\C/C=C\C/C=C\CC)COP(=O)([O-])OCC[N+](C)(C)C. The van der Waals surface area contributed by atoms with Crippen molar-refractivity contribution in [3.05, 3.63) is 85.1 Å². The minimum Gasteiger partial charge on any atom is -0.756 e. The molecule has 0 fully saturated rings. The zero-order chi connectivity index (χ0) is 58.4. The van der Waals surface area contributed by atoms with E-state index < -0.39 is 32.5 Å². The Balaban J connectivity index is 3.88. The maximum Gasteiger partial charge on any atom is 0.306 e. The highest BCUT2D eigenvalue weighted by Crippen LogP contribution is 2.38. The van der Waals surface area contributed by atoms with Crippen LogP contribution in [-0.4, -0.2) is 70.0 Å². The number of allylic oxidation sites excluding steroid dienone is 14. The van der Waals surface area contributed by atoms with E-state index in [1.54, 1.807) is 0 Å². The van der Waals surface area contributed by atoms with Crippen molar-refractivity contribution in [3.63, 3.8) is 0 Å². The van der Waals surface area contributed by atoms with Gasteiger partial charge in [0.1, 0.15) is 19.8 Å². The molecule has 0 saturated heterocycles. The number of ether oxygens (including phenoxy) is 2. The lowest BCUT2D eigenvalue weighted by Gasteiger charge is -2.28. The fourth-order valence-electron chi connectivity index (χ4n) is 9.37. The van der Waals surface area contributed by atoms with Crippen LogP contribution in [0.5, 0.6) is 0 Å². The molecule has 0 aromatic heterocycles. The van der Waals surface area contributed by atoms with Gasteiger partial charge in [0.2, 0.25) is 0 Å². The van der Waals surface area contributed by atoms with E-state index in [-0.39, 0.29) is 26.1 Å². The zero-order valence-electron chi connectivity index (χ0n) is 52.8. The minimum absolute atomic E-state index is 0.0346. The predicted molar refractivity (Wildman–Crippen MR) is 342 cm³/mol. The van der Waals surface area contributed by atoms with E-state index in [9.17, 15) is 19.0 Å². The second-order valence-electron chi connectivity index (χ2n) is 23.4. The van der Waals surface area contributed by atoms with Crippen LogP contribution in [0.1, 0.15) is 296 Å². The number of rotatable bonds is 61. The number of nitrogens with zero attached hydrogens (tertiary/aromatic N) is 1. The summed E-state index contributed by atoms with van der Waals surface area (Å²) in [6.45, 7) is 4.02. The summed E-state index contributed by atoms with van der Waals surface area (Å²) in [5.74, 6) is -0.845. The largest absolute Gasteiger partial charge is 0.756 e. The summed E-state index contributed by atoms with van der Waals surface area (Å²) in [6.07, 6.45) is 82.6. The molecule has 0 rings (SSSR count). The van der Waals surface area contributed by atoms with Crippen LogP contribution in [0.15, 0.2) is 85.1 Å². The molecular formula is C70H126NO8P. The Morgan fingerprint density at radius 3 is 1.00 bits per heavy atom. The number of carbonyl (C=O) groups is 2. The van der Waals surface area contributed by atoms with E-state index in [0.29, 0.717) is 23.9 Å². The van der Waals surface area contributed by atoms with Crippen molar-refractivity contribution in [1.82, 2.24) is 0 Å². The number of esters is 2. The predicted octanol–water partition coefficient (Wildman–Crippen LogP) is 20.7. The van der Waals surface area contributed by atoms with Crippen LogP contribution < -0.4 is 4.89 Å². The molecule has 0 spiro atoms. The number of carbonyl (C=O) groups excluding carboxylic acids is 2. The van der Waals surface area contributed by atoms with Crippen molar-refractivity contribution in [3.8, 4) is 0 Å². The second-order valence-corrected chi connectivity index (χ2v) is 24.8. The van der Waals surface area contributed by atoms with Gasteiger partial charge in [0.25, 0.3) is 7.82 Å². The van der Waals surface area contributed by atoms with Crippen molar-refractivity contribution in [1.29, 1.82) is 0 Å². The van der Waals surface area contributed by atoms with Gasteiger partial charge in [-0.3, -0.25) is 14.2 Å². The Morgan fingerprint density at radius 2 is 0.675 bits per heavy atom. The molecule has 10 heteroatoms. The van der Waals surface area contributed by atoms with Crippen LogP contribution in [0.4, 0.5) is 0 Å². The van der Waals surface area contributed by atoms with Gasteiger partial charge in [-0.25, -0.2) is 0 Å². The van der Waals surface area contributed by atoms with Crippen molar-refractivity contribution >= 4 is 19.8 Å². The molecule has 0 saturated carbocycles. The summed E-state index contributed by atoms with van der Waals surface area (Å²) >= 11 is 0. The Hall–Kier alpha value is -2.81. The molecule has 0 heterocycles. The fraction of sp³-hybridized carbons (Fsp3) is 0.771. The zero-order valence-corrected chi connectivity index (χ0v) is 53.7. The number of hydrogen-bond acceptors (Lipinski definition) is 8. The lowest BCUT2D eigenvalue weighted by Crippen LogP contribution is -2.37. The highest BCUT2D eigenvalue weighted by molar-refractivity contribution is 7.45. The first-order valence-corrected chi connectivity index (χ1v) is 34.8. The van der Waals surface area contributed by atoms with Gasteiger partial charge < -0.3 is 27.9 Å². The van der Waals surface area contributed by atoms with Crippen molar-refractivity contribution in [2.45, 2.75) is 302 Å². The summed E-state index contributed by atoms with van der Waals surface area (Å²) in [7, 11) is 1.16. The topological polar surface area (TPSA) is 111 Å². The molecule has 464 valence electrons. The Labute approximate surface area is 494 Å². The minimum atomic E-state index is -4.64. The number of phosphoric acid groups is 1. The maximum absolute atomic E-state index is 12.8. The molecule has 9 nitrogen and oxygen atoms in total. The van der Waals surface area contributed by atoms with E-state index in [2.05, 4.69) is 98.9 Å². The molecule has 80 heavy (non-hydrogen) atoms. The van der Waals surface area contributed by atoms with E-state index in [1.165, 1.54) is 161 Å². The van der Waals surface area contributed by atoms with Crippen LogP contribution in [0, 0.1) is 0 Å². The van der Waals surface area contributed by atoms with Crippen molar-refractivity contribution < 1.29 is 42.1 Å². The van der Waals surface area contributed by atoms with Crippen molar-refractivity contribution in [2.24, 2.45) is 0 Å². The second kappa shape index (κ2) is 60.8. The van der Waals surface area contributed by atoms with Gasteiger partial charge in [-0.2, -0.15) is 0 Å². The number of unbranched alkanes of at least 4 members (excludes halogenated alkanes) is 33. The lowest BCUT2D eigenvalue weighted by atomic mass is 10.0. The third kappa shape index (κ3) is 64.4. The monoisotopic (exact) mass is 1140 g/mol. The summed E-state index contributed by atoms with van der Waals surface area (Å²) < 4.78 is 34.2. The van der Waals surface area contributed by atoms with Gasteiger partial charge in [0.15, 0.2) is 6.10 Å². The third-order valence-electron chi connectivity index (χ3n) is 14.4. The summed E-state index contributed by atoms with van der Waals surface area (Å²) in [5.41, 5.74) is 0. The first-order valence-electron chi connectivity index (χ1n) is 33.3. The van der Waals surface area contributed by atoms with Crippen molar-refractivity contribution in [2.75, 3.05) is 47.5 Å². The van der Waals surface area contributed by atoms with Crippen LogP contribution >= 0.6 is 7.82 Å². The normalized spacial score (nSPS) is 13.7. The molecule has 0 amide bonds. The molecule has 0 radical (unpaired) electrons. The van der Waals surface area contributed by atoms with Crippen LogP contribution in [0.2, 0.25) is 0 Å². The average molecular weight is 1140 g/mol. The first kappa shape index (κ1) is 77.2. The lowest BCUT2D eigenvalue weighted by molar-refractivity contribution is -0.870. The molecule has 0 bridgehead atoms. The molecule has 0 aromatic rings. The first-order chi connectivity index (χ1) is 39.0. The molecule has 0 aliphatic rings. The molecule has 0 aliphatic heterocycles. The highest BCUT2D eigenvalue weighted by atomic mass is 31.2. The Kier molecular flexibility index (Phi) is 58.6. The number of phosphoric ester groups is 1. The van der Waals surface area contributed by atoms with E-state index >= 15 is 0 Å². The van der Waals surface area contributed by atoms with Gasteiger partial charge in [0, 0.05) is 12.8 Å². The number of quaternary nitrogens is 1. The van der Waals surface area contributed by atoms with Crippen LogP contribution in [-0.2, 0) is 32.7 Å². The van der Waals surface area contributed by atoms with Gasteiger partial charge in [-0.1, -0.05) is 285 Å². The Bertz CT molecular complexity index is 1630. The summed E-state index contributed by atoms with van der Waals surface area (Å²) in [5, 5.41) is 0. The summed E-state index contributed by atoms with van der Waals surface area (Å²) in [4.78, 5) is 37.9. The van der Waals surface area contributed by atoms with Gasteiger partial charge in [-0.05, 0) is 83.5 Å². The highest BCUT2D eigenvalue weighted by Gasteiger charge is 2.22. The van der Waals surface area contributed by atoms with E-state index in [0.717, 1.165) is 96.3 Å². The standard InChI is InChI=1S/C70H126NO8P/c1-6-8-10-12-14-16-18-20-22-23-24-25-26-27-28-29-30-31-32-33-34-35-36-37-38-39-40-41-42-43-44-45-46-47-49-51-53-55-57-59-61-63-70(73)79-68(67-78-80(74,75)77-65-64-71(3,4)5)66-76-69(72)62-60-58-56-54-52-50-48-21-19-17-15-13-11-9-7-2/h8-11,14-17,20-22,24-25,48,68H,6-7,12-13,18-19,23,26-47,49-67H2,1-5H3/b10-8-,11-9-,16-14-,17-15-,22-20-,25-24-,48-21-. The number of hydrogen-bond donors (Lipinski definition) is 0. The molecule has 0 aliphatic carbocycles. The maximum atomic E-state index is 12.8. The third-order valence-corrected chi connectivity index (χ3v) is 15.4. The molecular weight excluding hydrogens is 1010 g/mol. The molecule has 0 N–H and O–H groups in total.